The minimum absolute atomic E-state index is 0.0720. The van der Waals surface area contributed by atoms with Gasteiger partial charge in [0.2, 0.25) is 10.0 Å². The third-order valence-electron chi connectivity index (χ3n) is 2.54. The molecule has 0 atom stereocenters. The van der Waals surface area contributed by atoms with Crippen molar-refractivity contribution >= 4 is 15.7 Å². The number of hydrogen-bond acceptors (Lipinski definition) is 4. The summed E-state index contributed by atoms with van der Waals surface area (Å²) < 4.78 is 26.1. The molecule has 102 valence electrons. The second-order valence-electron chi connectivity index (χ2n) is 5.14. The minimum Gasteiger partial charge on any atom is -0.399 e. The zero-order valence-corrected chi connectivity index (χ0v) is 11.5. The van der Waals surface area contributed by atoms with Gasteiger partial charge < -0.3 is 10.8 Å². The molecular formula is C12H20N2O3S. The van der Waals surface area contributed by atoms with Gasteiger partial charge in [0.15, 0.2) is 0 Å². The van der Waals surface area contributed by atoms with E-state index >= 15 is 0 Å². The molecule has 1 rings (SSSR count). The van der Waals surface area contributed by atoms with E-state index in [9.17, 15) is 8.42 Å². The van der Waals surface area contributed by atoms with Crippen LogP contribution in [0.5, 0.6) is 0 Å². The summed E-state index contributed by atoms with van der Waals surface area (Å²) >= 11 is 0. The standard InChI is InChI=1S/C12H20N2O3S/c1-12(2,9-15)8-14-18(16,17)7-10-3-5-11(13)6-4-10/h3-6,14-15H,7-9,13H2,1-2H3. The quantitative estimate of drug-likeness (QED) is 0.665. The van der Waals surface area contributed by atoms with Gasteiger partial charge in [0.1, 0.15) is 0 Å². The molecule has 18 heavy (non-hydrogen) atoms. The lowest BCUT2D eigenvalue weighted by molar-refractivity contribution is 0.163. The third kappa shape index (κ3) is 5.03. The number of anilines is 1. The first-order valence-corrected chi connectivity index (χ1v) is 7.32. The van der Waals surface area contributed by atoms with E-state index in [4.69, 9.17) is 10.8 Å². The molecule has 1 aromatic carbocycles. The molecule has 4 N–H and O–H groups in total. The van der Waals surface area contributed by atoms with E-state index < -0.39 is 15.4 Å². The van der Waals surface area contributed by atoms with Crippen LogP contribution < -0.4 is 10.5 Å². The highest BCUT2D eigenvalue weighted by atomic mass is 32.2. The van der Waals surface area contributed by atoms with Gasteiger partial charge in [-0.05, 0) is 17.7 Å². The average Bonchev–Trinajstić information content (AvgIpc) is 2.30. The normalized spacial score (nSPS) is 12.6. The molecule has 0 aliphatic carbocycles. The number of aliphatic hydroxyl groups is 1. The van der Waals surface area contributed by atoms with Crippen LogP contribution in [0.3, 0.4) is 0 Å². The van der Waals surface area contributed by atoms with Gasteiger partial charge in [-0.3, -0.25) is 0 Å². The van der Waals surface area contributed by atoms with Crippen LogP contribution in [0.2, 0.25) is 0 Å². The number of benzene rings is 1. The molecule has 0 heterocycles. The van der Waals surface area contributed by atoms with Crippen LogP contribution in [0.15, 0.2) is 24.3 Å². The Balaban J connectivity index is 2.63. The lowest BCUT2D eigenvalue weighted by Crippen LogP contribution is -2.36. The maximum atomic E-state index is 11.8. The first-order valence-electron chi connectivity index (χ1n) is 5.67. The van der Waals surface area contributed by atoms with Crippen molar-refractivity contribution in [3.63, 3.8) is 0 Å². The van der Waals surface area contributed by atoms with Gasteiger partial charge in [0.25, 0.3) is 0 Å². The smallest absolute Gasteiger partial charge is 0.215 e. The van der Waals surface area contributed by atoms with E-state index in [1.165, 1.54) is 0 Å². The van der Waals surface area contributed by atoms with E-state index in [-0.39, 0.29) is 18.9 Å². The second-order valence-corrected chi connectivity index (χ2v) is 6.95. The Kier molecular flexibility index (Phi) is 4.72. The number of rotatable bonds is 6. The van der Waals surface area contributed by atoms with Crippen molar-refractivity contribution < 1.29 is 13.5 Å². The van der Waals surface area contributed by atoms with Crippen molar-refractivity contribution in [2.24, 2.45) is 5.41 Å². The summed E-state index contributed by atoms with van der Waals surface area (Å²) in [6.07, 6.45) is 0. The second kappa shape index (κ2) is 5.69. The summed E-state index contributed by atoms with van der Waals surface area (Å²) in [7, 11) is -3.39. The Labute approximate surface area is 108 Å². The van der Waals surface area contributed by atoms with E-state index in [2.05, 4.69) is 4.72 Å². The van der Waals surface area contributed by atoms with Gasteiger partial charge in [0.05, 0.1) is 5.75 Å². The Morgan fingerprint density at radius 1 is 1.28 bits per heavy atom. The highest BCUT2D eigenvalue weighted by Gasteiger charge is 2.20. The van der Waals surface area contributed by atoms with Crippen LogP contribution in [0.4, 0.5) is 5.69 Å². The van der Waals surface area contributed by atoms with Gasteiger partial charge in [-0.25, -0.2) is 13.1 Å². The molecule has 0 saturated heterocycles. The summed E-state index contributed by atoms with van der Waals surface area (Å²) in [5.41, 5.74) is 6.35. The molecule has 0 unspecified atom stereocenters. The van der Waals surface area contributed by atoms with Crippen molar-refractivity contribution in [1.29, 1.82) is 0 Å². The molecule has 0 radical (unpaired) electrons. The molecule has 5 nitrogen and oxygen atoms in total. The molecule has 0 aliphatic rings. The minimum atomic E-state index is -3.39. The van der Waals surface area contributed by atoms with E-state index in [1.54, 1.807) is 38.1 Å². The van der Waals surface area contributed by atoms with Crippen molar-refractivity contribution in [1.82, 2.24) is 4.72 Å². The summed E-state index contributed by atoms with van der Waals surface area (Å²) in [5, 5.41) is 9.06. The Bertz CT molecular complexity index is 481. The largest absolute Gasteiger partial charge is 0.399 e. The van der Waals surface area contributed by atoms with Crippen LogP contribution in [-0.2, 0) is 15.8 Å². The SMILES string of the molecule is CC(C)(CO)CNS(=O)(=O)Cc1ccc(N)cc1. The van der Waals surface area contributed by atoms with Crippen molar-refractivity contribution in [3.05, 3.63) is 29.8 Å². The Morgan fingerprint density at radius 3 is 2.33 bits per heavy atom. The lowest BCUT2D eigenvalue weighted by Gasteiger charge is -2.21. The van der Waals surface area contributed by atoms with Crippen molar-refractivity contribution in [2.45, 2.75) is 19.6 Å². The highest BCUT2D eigenvalue weighted by Crippen LogP contribution is 2.13. The van der Waals surface area contributed by atoms with Crippen molar-refractivity contribution in [3.8, 4) is 0 Å². The monoisotopic (exact) mass is 272 g/mol. The number of nitrogens with one attached hydrogen (secondary N) is 1. The predicted molar refractivity (Wildman–Crippen MR) is 72.3 cm³/mol. The Hall–Kier alpha value is -1.11. The van der Waals surface area contributed by atoms with Crippen LogP contribution in [0.25, 0.3) is 0 Å². The average molecular weight is 272 g/mol. The highest BCUT2D eigenvalue weighted by molar-refractivity contribution is 7.88. The topological polar surface area (TPSA) is 92.4 Å². The van der Waals surface area contributed by atoms with Crippen LogP contribution in [0.1, 0.15) is 19.4 Å². The first-order chi connectivity index (χ1) is 8.24. The summed E-state index contributed by atoms with van der Waals surface area (Å²) in [5.74, 6) is -0.0885. The molecule has 1 aromatic rings. The van der Waals surface area contributed by atoms with Crippen LogP contribution >= 0.6 is 0 Å². The predicted octanol–water partition coefficient (Wildman–Crippen LogP) is 0.707. The molecule has 0 amide bonds. The van der Waals surface area contributed by atoms with Gasteiger partial charge in [-0.2, -0.15) is 0 Å². The van der Waals surface area contributed by atoms with Gasteiger partial charge >= 0.3 is 0 Å². The molecule has 0 fully saturated rings. The molecule has 0 spiro atoms. The molecule has 0 bridgehead atoms. The summed E-state index contributed by atoms with van der Waals surface area (Å²) in [4.78, 5) is 0. The van der Waals surface area contributed by atoms with Crippen LogP contribution in [0, 0.1) is 5.41 Å². The fourth-order valence-corrected chi connectivity index (χ4v) is 2.59. The van der Waals surface area contributed by atoms with Crippen molar-refractivity contribution in [2.75, 3.05) is 18.9 Å². The Morgan fingerprint density at radius 2 is 1.83 bits per heavy atom. The number of nitrogen functional groups attached to an aromatic ring is 1. The fraction of sp³-hybridized carbons (Fsp3) is 0.500. The molecule has 0 aromatic heterocycles. The number of aliphatic hydroxyl groups excluding tert-OH is 1. The molecule has 0 aliphatic heterocycles. The zero-order valence-electron chi connectivity index (χ0n) is 10.7. The molecule has 0 saturated carbocycles. The maximum Gasteiger partial charge on any atom is 0.215 e. The first kappa shape index (κ1) is 14.9. The summed E-state index contributed by atoms with van der Waals surface area (Å²) in [6.45, 7) is 3.72. The fourth-order valence-electron chi connectivity index (χ4n) is 1.25. The number of nitrogens with two attached hydrogens (primary N) is 1. The lowest BCUT2D eigenvalue weighted by atomic mass is 9.96. The molecule has 6 heteroatoms. The zero-order chi connectivity index (χ0) is 13.8. The van der Waals surface area contributed by atoms with E-state index in [0.717, 1.165) is 0 Å². The summed E-state index contributed by atoms with van der Waals surface area (Å²) in [6, 6.07) is 6.71. The maximum absolute atomic E-state index is 11.8. The van der Waals surface area contributed by atoms with Gasteiger partial charge in [-0.1, -0.05) is 26.0 Å². The number of hydrogen-bond donors (Lipinski definition) is 3. The van der Waals surface area contributed by atoms with E-state index in [1.807, 2.05) is 0 Å². The van der Waals surface area contributed by atoms with Gasteiger partial charge in [0, 0.05) is 24.3 Å². The van der Waals surface area contributed by atoms with Gasteiger partial charge in [-0.15, -0.1) is 0 Å². The van der Waals surface area contributed by atoms with Crippen LogP contribution in [-0.4, -0.2) is 26.7 Å². The molecular weight excluding hydrogens is 252 g/mol. The third-order valence-corrected chi connectivity index (χ3v) is 3.83. The number of sulfonamides is 1. The van der Waals surface area contributed by atoms with E-state index in [0.29, 0.717) is 11.3 Å².